The van der Waals surface area contributed by atoms with Crippen LogP contribution >= 0.6 is 0 Å². The second-order valence-electron chi connectivity index (χ2n) is 6.90. The molecule has 0 aromatic carbocycles. The first kappa shape index (κ1) is 18.4. The quantitative estimate of drug-likeness (QED) is 0.465. The molecule has 0 spiro atoms. The first-order valence-corrected chi connectivity index (χ1v) is 11.4. The molecule has 1 aliphatic heterocycles. The highest BCUT2D eigenvalue weighted by Crippen LogP contribution is 2.31. The predicted molar refractivity (Wildman–Crippen MR) is 92.2 cm³/mol. The predicted octanol–water partition coefficient (Wildman–Crippen LogP) is 3.33. The van der Waals surface area contributed by atoms with Crippen molar-refractivity contribution in [2.75, 3.05) is 25.1 Å². The van der Waals surface area contributed by atoms with Gasteiger partial charge in [-0.1, -0.05) is 25.6 Å². The summed E-state index contributed by atoms with van der Waals surface area (Å²) in [5.74, 6) is 0.229. The molecular weight excluding hydrogens is 330 g/mol. The third kappa shape index (κ3) is 4.77. The third-order valence-electron chi connectivity index (χ3n) is 3.64. The van der Waals surface area contributed by atoms with Crippen molar-refractivity contribution in [1.82, 2.24) is 4.98 Å². The number of hydrogen-bond acceptors (Lipinski definition) is 4. The normalized spacial score (nSPS) is 17.0. The summed E-state index contributed by atoms with van der Waals surface area (Å²) in [7, 11) is -0.277. The summed E-state index contributed by atoms with van der Waals surface area (Å²) < 4.78 is 31.6. The molecule has 0 amide bonds. The lowest BCUT2D eigenvalue weighted by Crippen LogP contribution is -2.40. The average molecular weight is 352 g/mol. The molecule has 0 saturated carbocycles. The van der Waals surface area contributed by atoms with Crippen LogP contribution in [0.25, 0.3) is 0 Å². The van der Waals surface area contributed by atoms with Gasteiger partial charge in [-0.15, -0.1) is 5.54 Å². The molecule has 2 rings (SSSR count). The highest BCUT2D eigenvalue weighted by atomic mass is 28.3. The van der Waals surface area contributed by atoms with Gasteiger partial charge in [-0.25, -0.2) is 18.6 Å². The van der Waals surface area contributed by atoms with E-state index in [1.165, 1.54) is 7.11 Å². The zero-order valence-corrected chi connectivity index (χ0v) is 15.4. The van der Waals surface area contributed by atoms with Crippen LogP contribution in [0.3, 0.4) is 0 Å². The number of esters is 1. The average Bonchev–Trinajstić information content (AvgIpc) is 2.51. The van der Waals surface area contributed by atoms with Crippen LogP contribution in [-0.4, -0.2) is 45.1 Å². The van der Waals surface area contributed by atoms with Crippen molar-refractivity contribution in [2.45, 2.75) is 38.4 Å². The highest BCUT2D eigenvalue weighted by Gasteiger charge is 2.35. The van der Waals surface area contributed by atoms with Gasteiger partial charge < -0.3 is 9.64 Å². The van der Waals surface area contributed by atoms with Crippen LogP contribution in [0.2, 0.25) is 19.6 Å². The van der Waals surface area contributed by atoms with Gasteiger partial charge in [0.2, 0.25) is 0 Å². The van der Waals surface area contributed by atoms with E-state index in [9.17, 15) is 13.6 Å². The Balaban J connectivity index is 2.37. The van der Waals surface area contributed by atoms with E-state index in [0.717, 1.165) is 0 Å². The summed E-state index contributed by atoms with van der Waals surface area (Å²) >= 11 is 0. The number of anilines is 1. The number of pyridine rings is 1. The fourth-order valence-corrected chi connectivity index (χ4v) is 2.83. The summed E-state index contributed by atoms with van der Waals surface area (Å²) in [6, 6.07) is 3.27. The standard InChI is InChI=1S/C17H22F2N2O2Si/c1-23-16(22)14-6-5-13(7-12-24(2,3)4)20-15(14)21-10-8-17(18,19)9-11-21/h5-6H,8-11H2,1-4H3. The number of piperidine rings is 1. The monoisotopic (exact) mass is 352 g/mol. The molecule has 1 fully saturated rings. The van der Waals surface area contributed by atoms with Crippen molar-refractivity contribution >= 4 is 19.9 Å². The zero-order chi connectivity index (χ0) is 18.0. The fourth-order valence-electron chi connectivity index (χ4n) is 2.33. The maximum Gasteiger partial charge on any atom is 0.341 e. The van der Waals surface area contributed by atoms with E-state index in [1.54, 1.807) is 17.0 Å². The maximum absolute atomic E-state index is 13.4. The summed E-state index contributed by atoms with van der Waals surface area (Å²) in [6.07, 6.45) is -0.500. The Morgan fingerprint density at radius 1 is 1.29 bits per heavy atom. The molecule has 0 radical (unpaired) electrons. The largest absolute Gasteiger partial charge is 0.465 e. The van der Waals surface area contributed by atoms with Gasteiger partial charge in [-0.3, -0.25) is 0 Å². The zero-order valence-electron chi connectivity index (χ0n) is 14.4. The Morgan fingerprint density at radius 2 is 1.92 bits per heavy atom. The number of nitrogens with zero attached hydrogens (tertiary/aromatic N) is 2. The molecule has 2 heterocycles. The van der Waals surface area contributed by atoms with E-state index >= 15 is 0 Å². The minimum absolute atomic E-state index is 0.148. The van der Waals surface area contributed by atoms with Crippen molar-refractivity contribution < 1.29 is 18.3 Å². The van der Waals surface area contributed by atoms with Crippen molar-refractivity contribution in [1.29, 1.82) is 0 Å². The number of carbonyl (C=O) groups is 1. The van der Waals surface area contributed by atoms with Gasteiger partial charge in [0.05, 0.1) is 7.11 Å². The van der Waals surface area contributed by atoms with Crippen LogP contribution in [0.4, 0.5) is 14.6 Å². The smallest absolute Gasteiger partial charge is 0.341 e. The Morgan fingerprint density at radius 3 is 2.46 bits per heavy atom. The van der Waals surface area contributed by atoms with Crippen LogP contribution in [0, 0.1) is 11.5 Å². The second kappa shape index (κ2) is 6.89. The molecule has 130 valence electrons. The molecule has 1 saturated heterocycles. The van der Waals surface area contributed by atoms with Gasteiger partial charge >= 0.3 is 5.97 Å². The van der Waals surface area contributed by atoms with E-state index in [1.807, 2.05) is 0 Å². The van der Waals surface area contributed by atoms with Gasteiger partial charge in [0.25, 0.3) is 5.92 Å². The molecule has 24 heavy (non-hydrogen) atoms. The van der Waals surface area contributed by atoms with Gasteiger partial charge in [-0.05, 0) is 12.1 Å². The summed E-state index contributed by atoms with van der Waals surface area (Å²) in [4.78, 5) is 18.1. The SMILES string of the molecule is COC(=O)c1ccc(C#C[Si](C)(C)C)nc1N1CCC(F)(F)CC1. The van der Waals surface area contributed by atoms with Gasteiger partial charge in [0.15, 0.2) is 0 Å². The summed E-state index contributed by atoms with van der Waals surface area (Å²) in [5, 5.41) is 0. The molecule has 0 aliphatic carbocycles. The maximum atomic E-state index is 13.4. The Bertz CT molecular complexity index is 680. The molecular formula is C17H22F2N2O2Si. The van der Waals surface area contributed by atoms with Crippen LogP contribution in [-0.2, 0) is 4.74 Å². The summed E-state index contributed by atoms with van der Waals surface area (Å²) in [5.41, 5.74) is 4.03. The van der Waals surface area contributed by atoms with Crippen molar-refractivity contribution in [2.24, 2.45) is 0 Å². The number of aromatic nitrogens is 1. The number of ether oxygens (including phenoxy) is 1. The first-order chi connectivity index (χ1) is 11.1. The summed E-state index contributed by atoms with van der Waals surface area (Å²) in [6.45, 7) is 6.66. The number of halogens is 2. The van der Waals surface area contributed by atoms with Crippen LogP contribution in [0.1, 0.15) is 28.9 Å². The molecule has 0 N–H and O–H groups in total. The number of rotatable bonds is 2. The van der Waals surface area contributed by atoms with E-state index in [0.29, 0.717) is 11.5 Å². The first-order valence-electron chi connectivity index (χ1n) is 7.87. The number of hydrogen-bond donors (Lipinski definition) is 0. The van der Waals surface area contributed by atoms with Gasteiger partial charge in [0, 0.05) is 25.9 Å². The molecule has 4 nitrogen and oxygen atoms in total. The molecule has 1 aliphatic rings. The lowest BCUT2D eigenvalue weighted by atomic mass is 10.1. The second-order valence-corrected chi connectivity index (χ2v) is 11.7. The minimum atomic E-state index is -2.66. The molecule has 0 unspecified atom stereocenters. The van der Waals surface area contributed by atoms with E-state index in [-0.39, 0.29) is 31.5 Å². The number of alkyl halides is 2. The number of methoxy groups -OCH3 is 1. The Labute approximate surface area is 142 Å². The van der Waals surface area contributed by atoms with Crippen LogP contribution in [0.5, 0.6) is 0 Å². The van der Waals surface area contributed by atoms with Crippen molar-refractivity contribution in [3.05, 3.63) is 23.4 Å². The number of carbonyl (C=O) groups excluding carboxylic acids is 1. The van der Waals surface area contributed by atoms with Gasteiger partial charge in [-0.2, -0.15) is 0 Å². The lowest BCUT2D eigenvalue weighted by molar-refractivity contribution is -0.0221. The Hall–Kier alpha value is -1.94. The van der Waals surface area contributed by atoms with E-state index in [4.69, 9.17) is 4.74 Å². The van der Waals surface area contributed by atoms with E-state index in [2.05, 4.69) is 36.1 Å². The van der Waals surface area contributed by atoms with Crippen molar-refractivity contribution in [3.8, 4) is 11.5 Å². The lowest BCUT2D eigenvalue weighted by Gasteiger charge is -2.33. The minimum Gasteiger partial charge on any atom is -0.465 e. The molecule has 0 atom stereocenters. The third-order valence-corrected chi connectivity index (χ3v) is 4.52. The highest BCUT2D eigenvalue weighted by molar-refractivity contribution is 6.83. The van der Waals surface area contributed by atoms with Crippen LogP contribution < -0.4 is 4.90 Å². The fraction of sp³-hybridized carbons (Fsp3) is 0.529. The van der Waals surface area contributed by atoms with Gasteiger partial charge in [0.1, 0.15) is 25.1 Å². The van der Waals surface area contributed by atoms with Crippen molar-refractivity contribution in [3.63, 3.8) is 0 Å². The van der Waals surface area contributed by atoms with Crippen LogP contribution in [0.15, 0.2) is 12.1 Å². The molecule has 0 bridgehead atoms. The molecule has 1 aromatic heterocycles. The Kier molecular flexibility index (Phi) is 5.28. The topological polar surface area (TPSA) is 42.4 Å². The van der Waals surface area contributed by atoms with E-state index < -0.39 is 20.0 Å². The molecule has 7 heteroatoms. The molecule has 1 aromatic rings.